The number of aliphatic hydroxyl groups excluding tert-OH is 2. The number of nitrogens with one attached hydrogen (secondary N) is 1. The standard InChI is InChI=1S/C14H23NO2/c1-11(2)8-14(15-13(9-16)10-17)12-6-4-3-5-7-12/h3-7,11,13-17H,8-10H2,1-2H3. The topological polar surface area (TPSA) is 52.5 Å². The van der Waals surface area contributed by atoms with Crippen LogP contribution in [0.4, 0.5) is 0 Å². The molecule has 1 unspecified atom stereocenters. The molecule has 96 valence electrons. The highest BCUT2D eigenvalue weighted by Crippen LogP contribution is 2.21. The van der Waals surface area contributed by atoms with Gasteiger partial charge < -0.3 is 15.5 Å². The van der Waals surface area contributed by atoms with Crippen LogP contribution in [0.5, 0.6) is 0 Å². The summed E-state index contributed by atoms with van der Waals surface area (Å²) in [7, 11) is 0. The van der Waals surface area contributed by atoms with Crippen molar-refractivity contribution in [2.24, 2.45) is 5.92 Å². The molecule has 0 radical (unpaired) electrons. The number of aliphatic hydroxyl groups is 2. The molecule has 1 aromatic rings. The van der Waals surface area contributed by atoms with Crippen LogP contribution in [0.15, 0.2) is 30.3 Å². The summed E-state index contributed by atoms with van der Waals surface area (Å²) in [5, 5.41) is 21.6. The van der Waals surface area contributed by atoms with Crippen LogP contribution in [-0.2, 0) is 0 Å². The molecule has 3 heteroatoms. The molecular formula is C14H23NO2. The molecule has 17 heavy (non-hydrogen) atoms. The Hall–Kier alpha value is -0.900. The lowest BCUT2D eigenvalue weighted by molar-refractivity contribution is 0.158. The molecule has 0 saturated carbocycles. The maximum absolute atomic E-state index is 9.13. The van der Waals surface area contributed by atoms with Crippen molar-refractivity contribution in [3.8, 4) is 0 Å². The van der Waals surface area contributed by atoms with Gasteiger partial charge in [-0.2, -0.15) is 0 Å². The zero-order valence-corrected chi connectivity index (χ0v) is 10.6. The average molecular weight is 237 g/mol. The van der Waals surface area contributed by atoms with Crippen LogP contribution >= 0.6 is 0 Å². The van der Waals surface area contributed by atoms with E-state index in [1.54, 1.807) is 0 Å². The molecule has 0 aliphatic carbocycles. The second-order valence-corrected chi connectivity index (χ2v) is 4.82. The van der Waals surface area contributed by atoms with Gasteiger partial charge in [0.1, 0.15) is 0 Å². The van der Waals surface area contributed by atoms with Crippen LogP contribution < -0.4 is 5.32 Å². The maximum Gasteiger partial charge on any atom is 0.0607 e. The van der Waals surface area contributed by atoms with Gasteiger partial charge in [-0.15, -0.1) is 0 Å². The molecule has 0 spiro atoms. The first-order valence-electron chi connectivity index (χ1n) is 6.20. The van der Waals surface area contributed by atoms with Crippen LogP contribution in [-0.4, -0.2) is 29.5 Å². The van der Waals surface area contributed by atoms with E-state index in [0.29, 0.717) is 5.92 Å². The summed E-state index contributed by atoms with van der Waals surface area (Å²) in [5.74, 6) is 0.561. The van der Waals surface area contributed by atoms with Crippen LogP contribution in [0, 0.1) is 5.92 Å². The summed E-state index contributed by atoms with van der Waals surface area (Å²) in [4.78, 5) is 0. The third-order valence-electron chi connectivity index (χ3n) is 2.79. The van der Waals surface area contributed by atoms with Crippen molar-refractivity contribution in [1.29, 1.82) is 0 Å². The molecule has 3 nitrogen and oxygen atoms in total. The predicted octanol–water partition coefficient (Wildman–Crippen LogP) is 1.72. The molecule has 0 aromatic heterocycles. The van der Waals surface area contributed by atoms with Crippen LogP contribution in [0.3, 0.4) is 0 Å². The molecule has 1 atom stereocenters. The van der Waals surface area contributed by atoms with Crippen molar-refractivity contribution in [3.63, 3.8) is 0 Å². The Labute approximate surface area is 103 Å². The molecule has 1 aromatic carbocycles. The van der Waals surface area contributed by atoms with Gasteiger partial charge in [0.25, 0.3) is 0 Å². The van der Waals surface area contributed by atoms with Crippen molar-refractivity contribution >= 4 is 0 Å². The Morgan fingerprint density at radius 1 is 1.06 bits per heavy atom. The quantitative estimate of drug-likeness (QED) is 0.677. The zero-order valence-electron chi connectivity index (χ0n) is 10.6. The zero-order chi connectivity index (χ0) is 12.7. The SMILES string of the molecule is CC(C)CC(NC(CO)CO)c1ccccc1. The average Bonchev–Trinajstić information content (AvgIpc) is 2.35. The van der Waals surface area contributed by atoms with Crippen molar-refractivity contribution in [2.45, 2.75) is 32.4 Å². The van der Waals surface area contributed by atoms with E-state index in [1.807, 2.05) is 18.2 Å². The van der Waals surface area contributed by atoms with E-state index < -0.39 is 0 Å². The first-order valence-corrected chi connectivity index (χ1v) is 6.20. The second kappa shape index (κ2) is 7.43. The molecule has 0 heterocycles. The summed E-state index contributed by atoms with van der Waals surface area (Å²) in [6.07, 6.45) is 0.987. The van der Waals surface area contributed by atoms with Gasteiger partial charge in [-0.1, -0.05) is 44.2 Å². The second-order valence-electron chi connectivity index (χ2n) is 4.82. The van der Waals surface area contributed by atoms with E-state index in [2.05, 4.69) is 31.3 Å². The molecule has 1 rings (SSSR count). The first kappa shape index (κ1) is 14.2. The van der Waals surface area contributed by atoms with Gasteiger partial charge in [-0.25, -0.2) is 0 Å². The van der Waals surface area contributed by atoms with Crippen LogP contribution in [0.25, 0.3) is 0 Å². The van der Waals surface area contributed by atoms with E-state index in [1.165, 1.54) is 5.56 Å². The number of rotatable bonds is 7. The van der Waals surface area contributed by atoms with Gasteiger partial charge in [0.15, 0.2) is 0 Å². The minimum atomic E-state index is -0.251. The molecule has 0 fully saturated rings. The van der Waals surface area contributed by atoms with Crippen molar-refractivity contribution in [3.05, 3.63) is 35.9 Å². The van der Waals surface area contributed by atoms with Crippen LogP contribution in [0.1, 0.15) is 31.9 Å². The lowest BCUT2D eigenvalue weighted by Gasteiger charge is -2.25. The highest BCUT2D eigenvalue weighted by molar-refractivity contribution is 5.19. The smallest absolute Gasteiger partial charge is 0.0607 e. The Kier molecular flexibility index (Phi) is 6.19. The predicted molar refractivity (Wildman–Crippen MR) is 69.7 cm³/mol. The number of hydrogen-bond donors (Lipinski definition) is 3. The van der Waals surface area contributed by atoms with E-state index in [0.717, 1.165) is 6.42 Å². The summed E-state index contributed by atoms with van der Waals surface area (Å²) >= 11 is 0. The molecule has 0 aliphatic rings. The minimum absolute atomic E-state index is 0.0437. The van der Waals surface area contributed by atoms with E-state index in [-0.39, 0.29) is 25.3 Å². The molecule has 0 aliphatic heterocycles. The Morgan fingerprint density at radius 3 is 2.12 bits per heavy atom. The molecule has 0 amide bonds. The molecular weight excluding hydrogens is 214 g/mol. The summed E-state index contributed by atoms with van der Waals surface area (Å²) < 4.78 is 0. The highest BCUT2D eigenvalue weighted by Gasteiger charge is 2.16. The van der Waals surface area contributed by atoms with Crippen LogP contribution in [0.2, 0.25) is 0 Å². The minimum Gasteiger partial charge on any atom is -0.395 e. The molecule has 3 N–H and O–H groups in total. The largest absolute Gasteiger partial charge is 0.395 e. The van der Waals surface area contributed by atoms with Gasteiger partial charge in [0.05, 0.1) is 19.3 Å². The summed E-state index contributed by atoms with van der Waals surface area (Å²) in [5.41, 5.74) is 1.20. The Balaban J connectivity index is 2.73. The monoisotopic (exact) mass is 237 g/mol. The van der Waals surface area contributed by atoms with Gasteiger partial charge in [0.2, 0.25) is 0 Å². The number of benzene rings is 1. The molecule has 0 saturated heterocycles. The van der Waals surface area contributed by atoms with E-state index in [4.69, 9.17) is 10.2 Å². The van der Waals surface area contributed by atoms with Gasteiger partial charge >= 0.3 is 0 Å². The molecule has 0 bridgehead atoms. The number of hydrogen-bond acceptors (Lipinski definition) is 3. The van der Waals surface area contributed by atoms with Crippen molar-refractivity contribution < 1.29 is 10.2 Å². The lowest BCUT2D eigenvalue weighted by atomic mass is 9.96. The van der Waals surface area contributed by atoms with Crippen molar-refractivity contribution in [1.82, 2.24) is 5.32 Å². The van der Waals surface area contributed by atoms with Gasteiger partial charge in [-0.05, 0) is 17.9 Å². The normalized spacial score (nSPS) is 13.3. The van der Waals surface area contributed by atoms with Gasteiger partial charge in [-0.3, -0.25) is 0 Å². The van der Waals surface area contributed by atoms with E-state index >= 15 is 0 Å². The Morgan fingerprint density at radius 2 is 1.65 bits per heavy atom. The maximum atomic E-state index is 9.13. The summed E-state index contributed by atoms with van der Waals surface area (Å²) in [6.45, 7) is 4.25. The third-order valence-corrected chi connectivity index (χ3v) is 2.79. The summed E-state index contributed by atoms with van der Waals surface area (Å²) in [6, 6.07) is 10.1. The van der Waals surface area contributed by atoms with E-state index in [9.17, 15) is 0 Å². The highest BCUT2D eigenvalue weighted by atomic mass is 16.3. The fourth-order valence-electron chi connectivity index (χ4n) is 1.90. The first-order chi connectivity index (χ1) is 8.17. The fraction of sp³-hybridized carbons (Fsp3) is 0.571. The fourth-order valence-corrected chi connectivity index (χ4v) is 1.90. The Bertz CT molecular complexity index is 296. The lowest BCUT2D eigenvalue weighted by Crippen LogP contribution is -2.39. The third kappa shape index (κ3) is 4.86. The van der Waals surface area contributed by atoms with Gasteiger partial charge in [0, 0.05) is 6.04 Å². The van der Waals surface area contributed by atoms with Crippen molar-refractivity contribution in [2.75, 3.05) is 13.2 Å².